The fraction of sp³-hybridized carbons (Fsp3) is 0.158. The molecule has 0 aliphatic heterocycles. The molecule has 3 N–H and O–H groups in total. The van der Waals surface area contributed by atoms with Gasteiger partial charge in [0, 0.05) is 11.1 Å². The molecule has 116 valence electrons. The molecule has 3 aromatic rings. The zero-order valence-electron chi connectivity index (χ0n) is 13.0. The molecule has 1 unspecified atom stereocenters. The molecule has 4 heteroatoms. The van der Waals surface area contributed by atoms with Crippen molar-refractivity contribution in [2.75, 3.05) is 5.73 Å². The van der Waals surface area contributed by atoms with Crippen LogP contribution in [0.5, 0.6) is 0 Å². The third-order valence-corrected chi connectivity index (χ3v) is 3.79. The fourth-order valence-corrected chi connectivity index (χ4v) is 2.57. The van der Waals surface area contributed by atoms with Crippen molar-refractivity contribution in [3.05, 3.63) is 71.9 Å². The predicted octanol–water partition coefficient (Wildman–Crippen LogP) is 3.24. The summed E-state index contributed by atoms with van der Waals surface area (Å²) in [5.74, 6) is -0.0383. The number of benzene rings is 2. The Labute approximate surface area is 135 Å². The molecule has 0 saturated carbocycles. The third-order valence-electron chi connectivity index (χ3n) is 3.79. The summed E-state index contributed by atoms with van der Waals surface area (Å²) < 4.78 is 0. The van der Waals surface area contributed by atoms with Gasteiger partial charge >= 0.3 is 0 Å². The van der Waals surface area contributed by atoms with Crippen molar-refractivity contribution in [2.24, 2.45) is 0 Å². The highest BCUT2D eigenvalue weighted by molar-refractivity contribution is 5.83. The molecule has 2 aromatic carbocycles. The van der Waals surface area contributed by atoms with E-state index in [1.54, 1.807) is 0 Å². The number of hydrogen-bond donors (Lipinski definition) is 2. The zero-order chi connectivity index (χ0) is 16.2. The number of aromatic nitrogens is 1. The van der Waals surface area contributed by atoms with E-state index >= 15 is 0 Å². The summed E-state index contributed by atoms with van der Waals surface area (Å²) >= 11 is 0. The second-order valence-corrected chi connectivity index (χ2v) is 5.63. The summed E-state index contributed by atoms with van der Waals surface area (Å²) in [5.41, 5.74) is 9.15. The third kappa shape index (κ3) is 3.66. The average Bonchev–Trinajstić information content (AvgIpc) is 2.55. The molecule has 1 aromatic heterocycles. The first-order valence-corrected chi connectivity index (χ1v) is 7.61. The number of pyridine rings is 1. The molecule has 0 spiro atoms. The van der Waals surface area contributed by atoms with E-state index in [1.807, 2.05) is 67.6 Å². The van der Waals surface area contributed by atoms with Gasteiger partial charge in [0.15, 0.2) is 0 Å². The highest BCUT2D eigenvalue weighted by Gasteiger charge is 2.10. The van der Waals surface area contributed by atoms with Crippen LogP contribution in [0.4, 0.5) is 5.69 Å². The molecule has 23 heavy (non-hydrogen) atoms. The summed E-state index contributed by atoms with van der Waals surface area (Å²) in [7, 11) is 0. The number of hydrogen-bond acceptors (Lipinski definition) is 3. The van der Waals surface area contributed by atoms with E-state index in [-0.39, 0.29) is 18.4 Å². The van der Waals surface area contributed by atoms with Crippen LogP contribution in [-0.2, 0) is 11.2 Å². The summed E-state index contributed by atoms with van der Waals surface area (Å²) in [6.45, 7) is 1.98. The number of fused-ring (bicyclic) bond motifs is 1. The lowest BCUT2D eigenvalue weighted by molar-refractivity contribution is -0.121. The summed E-state index contributed by atoms with van der Waals surface area (Å²) in [6.07, 6.45) is 0.261. The Bertz CT molecular complexity index is 830. The number of rotatable bonds is 4. The first kappa shape index (κ1) is 15.0. The van der Waals surface area contributed by atoms with Crippen molar-refractivity contribution < 1.29 is 4.79 Å². The van der Waals surface area contributed by atoms with Gasteiger partial charge in [-0.1, -0.05) is 36.4 Å². The fourth-order valence-electron chi connectivity index (χ4n) is 2.57. The number of carbonyl (C=O) groups excluding carboxylic acids is 1. The molecule has 0 aliphatic carbocycles. The van der Waals surface area contributed by atoms with E-state index < -0.39 is 0 Å². The van der Waals surface area contributed by atoms with Gasteiger partial charge in [-0.15, -0.1) is 0 Å². The van der Waals surface area contributed by atoms with Gasteiger partial charge < -0.3 is 11.1 Å². The van der Waals surface area contributed by atoms with E-state index in [2.05, 4.69) is 10.3 Å². The first-order valence-electron chi connectivity index (χ1n) is 7.61. The minimum absolute atomic E-state index is 0.0241. The van der Waals surface area contributed by atoms with Crippen LogP contribution < -0.4 is 11.1 Å². The minimum atomic E-state index is -0.0383. The lowest BCUT2D eigenvalue weighted by atomic mass is 10.1. The maximum atomic E-state index is 12.2. The minimum Gasteiger partial charge on any atom is -0.399 e. The van der Waals surface area contributed by atoms with Gasteiger partial charge in [-0.2, -0.15) is 0 Å². The average molecular weight is 305 g/mol. The number of nitrogens with two attached hydrogens (primary N) is 1. The molecule has 0 bridgehead atoms. The van der Waals surface area contributed by atoms with E-state index in [4.69, 9.17) is 5.73 Å². The molecule has 0 fully saturated rings. The Balaban J connectivity index is 1.69. The molecule has 4 nitrogen and oxygen atoms in total. The molecule has 1 atom stereocenters. The van der Waals surface area contributed by atoms with Crippen LogP contribution in [0.3, 0.4) is 0 Å². The van der Waals surface area contributed by atoms with Gasteiger partial charge in [0.1, 0.15) is 0 Å². The van der Waals surface area contributed by atoms with Crippen molar-refractivity contribution in [2.45, 2.75) is 19.4 Å². The molecule has 1 heterocycles. The van der Waals surface area contributed by atoms with Crippen molar-refractivity contribution in [1.82, 2.24) is 10.3 Å². The van der Waals surface area contributed by atoms with Gasteiger partial charge in [-0.25, -0.2) is 0 Å². The van der Waals surface area contributed by atoms with Gasteiger partial charge in [-0.05, 0) is 36.8 Å². The highest BCUT2D eigenvalue weighted by Crippen LogP contribution is 2.16. The summed E-state index contributed by atoms with van der Waals surface area (Å²) in [5, 5.41) is 3.98. The molecule has 0 aliphatic rings. The van der Waals surface area contributed by atoms with E-state index in [0.29, 0.717) is 5.69 Å². The Morgan fingerprint density at radius 1 is 1.13 bits per heavy atom. The van der Waals surface area contributed by atoms with Crippen LogP contribution >= 0.6 is 0 Å². The SMILES string of the molecule is CC(NC(=O)Cc1ccc2cc(N)ccc2n1)c1ccccc1. The molecule has 1 amide bonds. The van der Waals surface area contributed by atoms with Crippen LogP contribution in [0.1, 0.15) is 24.2 Å². The number of carbonyl (C=O) groups is 1. The van der Waals surface area contributed by atoms with Gasteiger partial charge in [0.25, 0.3) is 0 Å². The second-order valence-electron chi connectivity index (χ2n) is 5.63. The zero-order valence-corrected chi connectivity index (χ0v) is 13.0. The van der Waals surface area contributed by atoms with Crippen molar-refractivity contribution in [3.63, 3.8) is 0 Å². The second kappa shape index (κ2) is 6.48. The van der Waals surface area contributed by atoms with Crippen LogP contribution in [-0.4, -0.2) is 10.9 Å². The van der Waals surface area contributed by atoms with Crippen LogP contribution in [0, 0.1) is 0 Å². The topological polar surface area (TPSA) is 68.0 Å². The standard InChI is InChI=1S/C19H19N3O/c1-13(14-5-3-2-4-6-14)21-19(23)12-17-9-7-15-11-16(20)8-10-18(15)22-17/h2-11,13H,12,20H2,1H3,(H,21,23). The molecular formula is C19H19N3O. The lowest BCUT2D eigenvalue weighted by Crippen LogP contribution is -2.28. The van der Waals surface area contributed by atoms with Crippen molar-refractivity contribution in [1.29, 1.82) is 0 Å². The number of amides is 1. The van der Waals surface area contributed by atoms with Gasteiger partial charge in [-0.3, -0.25) is 9.78 Å². The normalized spacial score (nSPS) is 12.0. The number of nitrogen functional groups attached to an aromatic ring is 1. The smallest absolute Gasteiger partial charge is 0.226 e. The van der Waals surface area contributed by atoms with Crippen molar-refractivity contribution in [3.8, 4) is 0 Å². The Hall–Kier alpha value is -2.88. The highest BCUT2D eigenvalue weighted by atomic mass is 16.1. The number of anilines is 1. The number of nitrogens with one attached hydrogen (secondary N) is 1. The molecule has 3 rings (SSSR count). The summed E-state index contributed by atoms with van der Waals surface area (Å²) in [4.78, 5) is 16.7. The van der Waals surface area contributed by atoms with Crippen LogP contribution in [0.2, 0.25) is 0 Å². The Kier molecular flexibility index (Phi) is 4.24. The van der Waals surface area contributed by atoms with Gasteiger partial charge in [0.2, 0.25) is 5.91 Å². The number of nitrogens with zero attached hydrogens (tertiary/aromatic N) is 1. The van der Waals surface area contributed by atoms with E-state index in [9.17, 15) is 4.79 Å². The maximum Gasteiger partial charge on any atom is 0.226 e. The Morgan fingerprint density at radius 3 is 2.70 bits per heavy atom. The van der Waals surface area contributed by atoms with E-state index in [0.717, 1.165) is 22.2 Å². The quantitative estimate of drug-likeness (QED) is 0.727. The summed E-state index contributed by atoms with van der Waals surface area (Å²) in [6, 6.07) is 19.3. The molecule has 0 radical (unpaired) electrons. The Morgan fingerprint density at radius 2 is 1.91 bits per heavy atom. The van der Waals surface area contributed by atoms with Gasteiger partial charge in [0.05, 0.1) is 23.7 Å². The first-order chi connectivity index (χ1) is 11.1. The lowest BCUT2D eigenvalue weighted by Gasteiger charge is -2.14. The largest absolute Gasteiger partial charge is 0.399 e. The maximum absolute atomic E-state index is 12.2. The van der Waals surface area contributed by atoms with Crippen molar-refractivity contribution >= 4 is 22.5 Å². The monoisotopic (exact) mass is 305 g/mol. The molecule has 0 saturated heterocycles. The molecular weight excluding hydrogens is 286 g/mol. The van der Waals surface area contributed by atoms with Crippen LogP contribution in [0.15, 0.2) is 60.7 Å². The van der Waals surface area contributed by atoms with Crippen LogP contribution in [0.25, 0.3) is 10.9 Å². The van der Waals surface area contributed by atoms with E-state index in [1.165, 1.54) is 0 Å². The predicted molar refractivity (Wildman–Crippen MR) is 92.9 cm³/mol.